The first kappa shape index (κ1) is 20.6. The first-order valence-corrected chi connectivity index (χ1v) is 8.37. The second-order valence-corrected chi connectivity index (χ2v) is 5.97. The topological polar surface area (TPSA) is 126 Å². The fraction of sp³-hybridized carbons (Fsp3) is 0.211. The Morgan fingerprint density at radius 2 is 1.57 bits per heavy atom. The number of nitrogens with zero attached hydrogens (tertiary/aromatic N) is 3. The van der Waals surface area contributed by atoms with Gasteiger partial charge in [-0.25, -0.2) is 0 Å². The number of carbonyl (C=O) groups is 3. The van der Waals surface area contributed by atoms with E-state index in [1.54, 1.807) is 67.6 Å². The molecule has 2 aromatic rings. The molecular weight excluding hydrogens is 362 g/mol. The average molecular weight is 383 g/mol. The lowest BCUT2D eigenvalue weighted by Crippen LogP contribution is -2.36. The van der Waals surface area contributed by atoms with Gasteiger partial charge in [-0.1, -0.05) is 5.22 Å². The summed E-state index contributed by atoms with van der Waals surface area (Å²) in [6.45, 7) is -0.505. The van der Waals surface area contributed by atoms with E-state index in [2.05, 4.69) is 15.7 Å². The lowest BCUT2D eigenvalue weighted by molar-refractivity contribution is -0.126. The van der Waals surface area contributed by atoms with Gasteiger partial charge in [0.15, 0.2) is 12.4 Å². The van der Waals surface area contributed by atoms with Gasteiger partial charge < -0.3 is 15.8 Å². The Bertz CT molecular complexity index is 861. The van der Waals surface area contributed by atoms with Crippen LogP contribution in [0.15, 0.2) is 58.9 Å². The van der Waals surface area contributed by atoms with Crippen LogP contribution in [0.25, 0.3) is 0 Å². The van der Waals surface area contributed by atoms with Crippen LogP contribution in [0, 0.1) is 0 Å². The second-order valence-electron chi connectivity index (χ2n) is 5.97. The Labute approximate surface area is 162 Å². The molecule has 0 fully saturated rings. The fourth-order valence-electron chi connectivity index (χ4n) is 2.08. The number of carbonyl (C=O) groups excluding carboxylic acids is 3. The maximum absolute atomic E-state index is 12.5. The predicted molar refractivity (Wildman–Crippen MR) is 102 cm³/mol. The number of hydrogen-bond acceptors (Lipinski definition) is 6. The summed E-state index contributed by atoms with van der Waals surface area (Å²) in [6.07, 6.45) is 0. The van der Waals surface area contributed by atoms with Gasteiger partial charge in [-0.2, -0.15) is 0 Å². The van der Waals surface area contributed by atoms with Crippen molar-refractivity contribution in [3.8, 4) is 5.75 Å². The lowest BCUT2D eigenvalue weighted by atomic mass is 10.0. The van der Waals surface area contributed by atoms with Crippen molar-refractivity contribution in [2.45, 2.75) is 0 Å². The molecule has 0 saturated carbocycles. The Kier molecular flexibility index (Phi) is 7.21. The smallest absolute Gasteiger partial charge is 0.258 e. The Balaban J connectivity index is 1.94. The Morgan fingerprint density at radius 1 is 1.00 bits per heavy atom. The highest BCUT2D eigenvalue weighted by Gasteiger charge is 2.10. The van der Waals surface area contributed by atoms with Gasteiger partial charge in [-0.3, -0.25) is 19.4 Å². The largest absolute Gasteiger partial charge is 0.484 e. The van der Waals surface area contributed by atoms with Gasteiger partial charge in [0.05, 0.1) is 12.2 Å². The van der Waals surface area contributed by atoms with Gasteiger partial charge in [0.1, 0.15) is 5.75 Å². The van der Waals surface area contributed by atoms with Gasteiger partial charge in [-0.15, -0.1) is 5.11 Å². The van der Waals surface area contributed by atoms with Crippen molar-refractivity contribution < 1.29 is 19.1 Å². The molecule has 146 valence electrons. The van der Waals surface area contributed by atoms with E-state index in [1.165, 1.54) is 0 Å². The Hall–Kier alpha value is -3.75. The van der Waals surface area contributed by atoms with Gasteiger partial charge in [0.25, 0.3) is 5.91 Å². The molecule has 0 atom stereocenters. The van der Waals surface area contributed by atoms with E-state index >= 15 is 0 Å². The zero-order chi connectivity index (χ0) is 20.5. The molecule has 0 saturated heterocycles. The molecule has 2 aromatic carbocycles. The van der Waals surface area contributed by atoms with Crippen molar-refractivity contribution in [1.82, 2.24) is 10.3 Å². The summed E-state index contributed by atoms with van der Waals surface area (Å²) >= 11 is 0. The van der Waals surface area contributed by atoms with E-state index in [4.69, 9.17) is 10.5 Å². The summed E-state index contributed by atoms with van der Waals surface area (Å²) in [4.78, 5) is 34.6. The normalized spacial score (nSPS) is 10.5. The van der Waals surface area contributed by atoms with Crippen LogP contribution in [0.1, 0.15) is 15.9 Å². The third kappa shape index (κ3) is 6.52. The van der Waals surface area contributed by atoms with Gasteiger partial charge in [0, 0.05) is 25.2 Å². The molecule has 9 heteroatoms. The number of rotatable bonds is 9. The van der Waals surface area contributed by atoms with Crippen LogP contribution in [-0.2, 0) is 9.59 Å². The number of nitrogens with two attached hydrogens (primary N) is 1. The molecule has 9 nitrogen and oxygen atoms in total. The van der Waals surface area contributed by atoms with Crippen molar-refractivity contribution in [3.05, 3.63) is 59.7 Å². The summed E-state index contributed by atoms with van der Waals surface area (Å²) < 4.78 is 5.30. The number of ketones is 1. The number of nitrogens with one attached hydrogen (secondary N) is 1. The minimum Gasteiger partial charge on any atom is -0.484 e. The van der Waals surface area contributed by atoms with Crippen LogP contribution in [0.4, 0.5) is 5.69 Å². The number of amides is 2. The molecule has 0 bridgehead atoms. The van der Waals surface area contributed by atoms with E-state index in [0.29, 0.717) is 22.6 Å². The molecule has 0 aliphatic heterocycles. The molecule has 0 spiro atoms. The van der Waals surface area contributed by atoms with Gasteiger partial charge in [-0.05, 0) is 48.5 Å². The quantitative estimate of drug-likeness (QED) is 0.385. The molecule has 0 unspecified atom stereocenters. The Morgan fingerprint density at radius 3 is 2.11 bits per heavy atom. The molecule has 3 N–H and O–H groups in total. The van der Waals surface area contributed by atoms with Crippen LogP contribution >= 0.6 is 0 Å². The fourth-order valence-corrected chi connectivity index (χ4v) is 2.08. The van der Waals surface area contributed by atoms with Crippen molar-refractivity contribution in [3.63, 3.8) is 0 Å². The highest BCUT2D eigenvalue weighted by Crippen LogP contribution is 2.18. The summed E-state index contributed by atoms with van der Waals surface area (Å²) in [5, 5.41) is 11.8. The summed E-state index contributed by atoms with van der Waals surface area (Å²) in [5.74, 6) is -0.831. The maximum atomic E-state index is 12.5. The minimum atomic E-state index is -0.634. The van der Waals surface area contributed by atoms with Crippen molar-refractivity contribution in [2.75, 3.05) is 27.2 Å². The molecule has 0 radical (unpaired) electrons. The SMILES string of the molecule is CN(C)N=Nc1ccc(C(=O)c2ccc(OCC(=O)NCC(N)=O)cc2)cc1. The molecule has 0 aliphatic carbocycles. The molecule has 2 rings (SSSR count). The van der Waals surface area contributed by atoms with E-state index < -0.39 is 11.8 Å². The van der Waals surface area contributed by atoms with Gasteiger partial charge >= 0.3 is 0 Å². The van der Waals surface area contributed by atoms with E-state index in [9.17, 15) is 14.4 Å². The highest BCUT2D eigenvalue weighted by atomic mass is 16.5. The third-order valence-electron chi connectivity index (χ3n) is 3.41. The molecular formula is C19H21N5O4. The third-order valence-corrected chi connectivity index (χ3v) is 3.41. The number of benzene rings is 2. The van der Waals surface area contributed by atoms with Crippen LogP contribution in [0.3, 0.4) is 0 Å². The zero-order valence-electron chi connectivity index (χ0n) is 15.6. The standard InChI is InChI=1S/C19H21N5O4/c1-24(2)23-22-15-7-3-13(4-8-15)19(27)14-5-9-16(10-6-14)28-12-18(26)21-11-17(20)25/h3-10H,11-12H2,1-2H3,(H2,20,25)(H,21,26). The first-order valence-electron chi connectivity index (χ1n) is 8.37. The van der Waals surface area contributed by atoms with Gasteiger partial charge in [0.2, 0.25) is 5.91 Å². The predicted octanol–water partition coefficient (Wildman–Crippen LogP) is 1.46. The molecule has 2 amide bonds. The van der Waals surface area contributed by atoms with E-state index in [1.807, 2.05) is 0 Å². The van der Waals surface area contributed by atoms with E-state index in [-0.39, 0.29) is 18.9 Å². The van der Waals surface area contributed by atoms with Crippen LogP contribution in [0.2, 0.25) is 0 Å². The van der Waals surface area contributed by atoms with Crippen molar-refractivity contribution in [1.29, 1.82) is 0 Å². The second kappa shape index (κ2) is 9.81. The maximum Gasteiger partial charge on any atom is 0.258 e. The minimum absolute atomic E-state index is 0.151. The van der Waals surface area contributed by atoms with Crippen LogP contribution in [-0.4, -0.2) is 49.9 Å². The molecule has 28 heavy (non-hydrogen) atoms. The first-order chi connectivity index (χ1) is 13.3. The number of primary amides is 1. The lowest BCUT2D eigenvalue weighted by Gasteiger charge is -2.07. The van der Waals surface area contributed by atoms with Crippen molar-refractivity contribution >= 4 is 23.3 Å². The molecule has 0 heterocycles. The van der Waals surface area contributed by atoms with Crippen molar-refractivity contribution in [2.24, 2.45) is 16.1 Å². The van der Waals surface area contributed by atoms with Crippen LogP contribution in [0.5, 0.6) is 5.75 Å². The molecule has 0 aliphatic rings. The monoisotopic (exact) mass is 383 g/mol. The number of hydrogen-bond donors (Lipinski definition) is 2. The van der Waals surface area contributed by atoms with E-state index in [0.717, 1.165) is 0 Å². The summed E-state index contributed by atoms with van der Waals surface area (Å²) in [6, 6.07) is 13.2. The highest BCUT2D eigenvalue weighted by molar-refractivity contribution is 6.09. The average Bonchev–Trinajstić information content (AvgIpc) is 2.69. The molecule has 0 aromatic heterocycles. The summed E-state index contributed by atoms with van der Waals surface area (Å²) in [5.41, 5.74) is 6.58. The van der Waals surface area contributed by atoms with Crippen LogP contribution < -0.4 is 15.8 Å². The summed E-state index contributed by atoms with van der Waals surface area (Å²) in [7, 11) is 3.53. The zero-order valence-corrected chi connectivity index (χ0v) is 15.6. The number of ether oxygens (including phenoxy) is 1.